The maximum atomic E-state index is 8.92. The van der Waals surface area contributed by atoms with Crippen LogP contribution in [0.4, 0.5) is 0 Å². The van der Waals surface area contributed by atoms with Crippen LogP contribution in [0.1, 0.15) is 5.56 Å². The Labute approximate surface area is 102 Å². The van der Waals surface area contributed by atoms with E-state index in [0.717, 1.165) is 5.56 Å². The van der Waals surface area contributed by atoms with Gasteiger partial charge in [-0.3, -0.25) is 0 Å². The molecule has 0 heterocycles. The summed E-state index contributed by atoms with van der Waals surface area (Å²) >= 11 is 0. The van der Waals surface area contributed by atoms with Crippen LogP contribution in [0.5, 0.6) is 5.75 Å². The van der Waals surface area contributed by atoms with Crippen LogP contribution in [0.25, 0.3) is 0 Å². The Bertz CT molecular complexity index is 175. The van der Waals surface area contributed by atoms with Gasteiger partial charge in [0.2, 0.25) is 0 Å². The minimum atomic E-state index is 0. The van der Waals surface area contributed by atoms with Crippen LogP contribution in [0.2, 0.25) is 0 Å². The van der Waals surface area contributed by atoms with Crippen LogP contribution in [0, 0.1) is 6.92 Å². The van der Waals surface area contributed by atoms with Crippen molar-refractivity contribution in [3.8, 4) is 5.75 Å². The van der Waals surface area contributed by atoms with E-state index in [0.29, 0.717) is 5.75 Å². The van der Waals surface area contributed by atoms with E-state index in [2.05, 4.69) is 0 Å². The van der Waals surface area contributed by atoms with Gasteiger partial charge in [0, 0.05) is 0 Å². The Morgan fingerprint density at radius 1 is 1.00 bits per heavy atom. The first-order chi connectivity index (χ1) is 3.80. The normalized spacial score (nSPS) is 6.08. The summed E-state index contributed by atoms with van der Waals surface area (Å²) in [6, 6.07) is 7.25. The number of hydrogen-bond donors (Lipinski definition) is 1. The van der Waals surface area contributed by atoms with E-state index in [1.165, 1.54) is 0 Å². The van der Waals surface area contributed by atoms with Gasteiger partial charge < -0.3 is 42.3 Å². The van der Waals surface area contributed by atoms with E-state index >= 15 is 0 Å². The van der Waals surface area contributed by atoms with Crippen LogP contribution in [0.3, 0.4) is 0 Å². The quantitative estimate of drug-likeness (QED) is 0.448. The summed E-state index contributed by atoms with van der Waals surface area (Å²) in [5.41, 5.74) is 0.924. The van der Waals surface area contributed by atoms with Crippen molar-refractivity contribution in [1.82, 2.24) is 0 Å². The standard InChI is InChI=1S/C7H8O.Al.3ClH/c1-6-4-2-3-5-7(6)8;;;;/h2-5,8H,1H3;;3*1H/q;+3;;;/p-3. The molecule has 1 N–H and O–H groups in total. The van der Waals surface area contributed by atoms with Crippen molar-refractivity contribution in [2.75, 3.05) is 0 Å². The molecule has 12 heavy (non-hydrogen) atoms. The van der Waals surface area contributed by atoms with Gasteiger partial charge in [0.05, 0.1) is 0 Å². The maximum Gasteiger partial charge on any atom is 3.00 e. The number of phenols is 1. The number of halogens is 3. The van der Waals surface area contributed by atoms with E-state index in [4.69, 9.17) is 5.11 Å². The minimum Gasteiger partial charge on any atom is -1.00 e. The minimum absolute atomic E-state index is 0. The molecule has 0 amide bonds. The average Bonchev–Trinajstić information content (AvgIpc) is 1.77. The Balaban J connectivity index is -0.0000000800. The number of rotatable bonds is 0. The number of aromatic hydroxyl groups is 1. The molecule has 1 rings (SSSR count). The predicted octanol–water partition coefficient (Wildman–Crippen LogP) is -7.67. The summed E-state index contributed by atoms with van der Waals surface area (Å²) in [6.45, 7) is 1.87. The molecule has 0 spiro atoms. The fourth-order valence-electron chi connectivity index (χ4n) is 0.563. The molecule has 5 heteroatoms. The third kappa shape index (κ3) is 7.09. The molecule has 1 aromatic carbocycles. The molecule has 0 saturated heterocycles. The second-order valence-corrected chi connectivity index (χ2v) is 1.79. The first-order valence-electron chi connectivity index (χ1n) is 2.55. The zero-order valence-corrected chi connectivity index (χ0v) is 9.89. The van der Waals surface area contributed by atoms with Crippen molar-refractivity contribution in [3.05, 3.63) is 29.8 Å². The predicted molar refractivity (Wildman–Crippen MR) is 38.6 cm³/mol. The second kappa shape index (κ2) is 11.4. The van der Waals surface area contributed by atoms with E-state index in [1.54, 1.807) is 6.07 Å². The largest absolute Gasteiger partial charge is 3.00 e. The van der Waals surface area contributed by atoms with Gasteiger partial charge >= 0.3 is 17.4 Å². The SMILES string of the molecule is Cc1ccccc1O.[Al+3].[Cl-].[Cl-].[Cl-]. The molecule has 0 radical (unpaired) electrons. The van der Waals surface area contributed by atoms with E-state index in [-0.39, 0.29) is 54.6 Å². The summed E-state index contributed by atoms with van der Waals surface area (Å²) in [4.78, 5) is 0. The topological polar surface area (TPSA) is 20.2 Å². The van der Waals surface area contributed by atoms with Gasteiger partial charge in [-0.15, -0.1) is 0 Å². The van der Waals surface area contributed by atoms with Crippen molar-refractivity contribution >= 4 is 17.4 Å². The summed E-state index contributed by atoms with van der Waals surface area (Å²) in [7, 11) is 0. The number of para-hydroxylation sites is 1. The molecule has 1 nitrogen and oxygen atoms in total. The fourth-order valence-corrected chi connectivity index (χ4v) is 0.563. The molecule has 0 aliphatic rings. The molecule has 0 aliphatic carbocycles. The van der Waals surface area contributed by atoms with Crippen molar-refractivity contribution in [1.29, 1.82) is 0 Å². The smallest absolute Gasteiger partial charge is 1.00 e. The van der Waals surface area contributed by atoms with Crippen molar-refractivity contribution < 1.29 is 42.3 Å². The molecule has 66 valence electrons. The van der Waals surface area contributed by atoms with Gasteiger partial charge in [-0.1, -0.05) is 18.2 Å². The zero-order valence-electron chi connectivity index (χ0n) is 6.47. The van der Waals surface area contributed by atoms with Gasteiger partial charge in [0.1, 0.15) is 5.75 Å². The molecule has 0 atom stereocenters. The zero-order chi connectivity index (χ0) is 5.98. The van der Waals surface area contributed by atoms with Gasteiger partial charge in [0.15, 0.2) is 0 Å². The second-order valence-electron chi connectivity index (χ2n) is 1.79. The van der Waals surface area contributed by atoms with Crippen LogP contribution < -0.4 is 37.2 Å². The molecular formula is C7H8AlCl3O. The molecule has 0 saturated carbocycles. The first kappa shape index (κ1) is 22.8. The van der Waals surface area contributed by atoms with Crippen LogP contribution in [-0.4, -0.2) is 22.5 Å². The Morgan fingerprint density at radius 2 is 1.42 bits per heavy atom. The Hall–Kier alpha value is 0.422. The first-order valence-corrected chi connectivity index (χ1v) is 2.55. The summed E-state index contributed by atoms with van der Waals surface area (Å²) < 4.78 is 0. The summed E-state index contributed by atoms with van der Waals surface area (Å²) in [5, 5.41) is 8.92. The van der Waals surface area contributed by atoms with Gasteiger partial charge in [-0.05, 0) is 18.6 Å². The number of hydrogen-bond acceptors (Lipinski definition) is 1. The molecule has 0 bridgehead atoms. The Morgan fingerprint density at radius 3 is 1.67 bits per heavy atom. The van der Waals surface area contributed by atoms with Crippen molar-refractivity contribution in [3.63, 3.8) is 0 Å². The number of benzene rings is 1. The third-order valence-electron chi connectivity index (χ3n) is 1.12. The van der Waals surface area contributed by atoms with Crippen molar-refractivity contribution in [2.24, 2.45) is 0 Å². The van der Waals surface area contributed by atoms with Gasteiger partial charge in [0.25, 0.3) is 0 Å². The molecule has 0 aromatic heterocycles. The number of phenolic OH excluding ortho intramolecular Hbond substituents is 1. The molecule has 1 aromatic rings. The average molecular weight is 241 g/mol. The van der Waals surface area contributed by atoms with E-state index in [1.807, 2.05) is 25.1 Å². The molecule has 0 unspecified atom stereocenters. The third-order valence-corrected chi connectivity index (χ3v) is 1.12. The monoisotopic (exact) mass is 240 g/mol. The number of aryl methyl sites for hydroxylation is 1. The molecule has 0 aliphatic heterocycles. The summed E-state index contributed by atoms with van der Waals surface area (Å²) in [5.74, 6) is 0.368. The molecule has 0 fully saturated rings. The fraction of sp³-hybridized carbons (Fsp3) is 0.143. The van der Waals surface area contributed by atoms with Gasteiger partial charge in [-0.25, -0.2) is 0 Å². The Kier molecular flexibility index (Phi) is 21.7. The van der Waals surface area contributed by atoms with E-state index in [9.17, 15) is 0 Å². The van der Waals surface area contributed by atoms with Crippen LogP contribution >= 0.6 is 0 Å². The van der Waals surface area contributed by atoms with Crippen molar-refractivity contribution in [2.45, 2.75) is 6.92 Å². The van der Waals surface area contributed by atoms with E-state index < -0.39 is 0 Å². The van der Waals surface area contributed by atoms with Gasteiger partial charge in [-0.2, -0.15) is 0 Å². The maximum absolute atomic E-state index is 8.92. The van der Waals surface area contributed by atoms with Crippen LogP contribution in [0.15, 0.2) is 24.3 Å². The summed E-state index contributed by atoms with van der Waals surface area (Å²) in [6.07, 6.45) is 0. The van der Waals surface area contributed by atoms with Crippen LogP contribution in [-0.2, 0) is 0 Å². The molecular weight excluding hydrogens is 233 g/mol.